The molecule has 0 heterocycles. The summed E-state index contributed by atoms with van der Waals surface area (Å²) < 4.78 is 0. The van der Waals surface area contributed by atoms with Crippen molar-refractivity contribution in [2.75, 3.05) is 10.6 Å². The van der Waals surface area contributed by atoms with Crippen LogP contribution in [0.15, 0.2) is 24.3 Å². The van der Waals surface area contributed by atoms with Crippen molar-refractivity contribution in [3.8, 4) is 0 Å². The molecule has 0 aliphatic heterocycles. The van der Waals surface area contributed by atoms with Gasteiger partial charge in [-0.05, 0) is 37.8 Å². The van der Waals surface area contributed by atoms with Gasteiger partial charge in [-0.25, -0.2) is 0 Å². The zero-order chi connectivity index (χ0) is 15.0. The summed E-state index contributed by atoms with van der Waals surface area (Å²) in [6.45, 7) is 0. The molecule has 0 atom stereocenters. The lowest BCUT2D eigenvalue weighted by atomic mass is 10.1. The van der Waals surface area contributed by atoms with E-state index in [-0.39, 0.29) is 0 Å². The van der Waals surface area contributed by atoms with Gasteiger partial charge in [0.25, 0.3) is 0 Å². The van der Waals surface area contributed by atoms with Crippen LogP contribution in [-0.4, -0.2) is 12.1 Å². The highest BCUT2D eigenvalue weighted by molar-refractivity contribution is 5.69. The number of anilines is 2. The van der Waals surface area contributed by atoms with Crippen molar-refractivity contribution < 1.29 is 0 Å². The SMILES string of the molecule is c1ccc(NC2CCCCCC2)c(NC2CCCCCC2)c1. The molecule has 22 heavy (non-hydrogen) atoms. The Hall–Kier alpha value is -1.18. The van der Waals surface area contributed by atoms with E-state index in [1.54, 1.807) is 0 Å². The first kappa shape index (κ1) is 15.7. The van der Waals surface area contributed by atoms with E-state index in [0.717, 1.165) is 0 Å². The third-order valence-corrected chi connectivity index (χ3v) is 5.36. The number of hydrogen-bond acceptors (Lipinski definition) is 2. The molecule has 3 rings (SSSR count). The first-order valence-corrected chi connectivity index (χ1v) is 9.54. The van der Waals surface area contributed by atoms with Gasteiger partial charge >= 0.3 is 0 Å². The molecule has 2 nitrogen and oxygen atoms in total. The van der Waals surface area contributed by atoms with E-state index in [9.17, 15) is 0 Å². The molecule has 1 aromatic rings. The van der Waals surface area contributed by atoms with Crippen LogP contribution in [0.1, 0.15) is 77.0 Å². The Morgan fingerprint density at radius 3 is 1.27 bits per heavy atom. The third-order valence-electron chi connectivity index (χ3n) is 5.36. The summed E-state index contributed by atoms with van der Waals surface area (Å²) in [6.07, 6.45) is 16.5. The predicted octanol–water partition coefficient (Wildman–Crippen LogP) is 5.96. The molecule has 1 aromatic carbocycles. The molecule has 0 bridgehead atoms. The van der Waals surface area contributed by atoms with Crippen LogP contribution in [0.2, 0.25) is 0 Å². The first-order valence-electron chi connectivity index (χ1n) is 9.54. The number of nitrogens with one attached hydrogen (secondary N) is 2. The van der Waals surface area contributed by atoms with Gasteiger partial charge < -0.3 is 10.6 Å². The van der Waals surface area contributed by atoms with Crippen LogP contribution in [0.4, 0.5) is 11.4 Å². The van der Waals surface area contributed by atoms with Gasteiger partial charge in [0, 0.05) is 12.1 Å². The normalized spacial score (nSPS) is 21.8. The molecule has 0 unspecified atom stereocenters. The molecule has 0 spiro atoms. The highest BCUT2D eigenvalue weighted by Gasteiger charge is 2.16. The molecule has 2 saturated carbocycles. The van der Waals surface area contributed by atoms with Gasteiger partial charge in [-0.15, -0.1) is 0 Å². The van der Waals surface area contributed by atoms with Gasteiger partial charge in [0.15, 0.2) is 0 Å². The van der Waals surface area contributed by atoms with Crippen LogP contribution in [0.25, 0.3) is 0 Å². The molecule has 2 N–H and O–H groups in total. The smallest absolute Gasteiger partial charge is 0.0578 e. The summed E-state index contributed by atoms with van der Waals surface area (Å²) in [5.74, 6) is 0. The minimum atomic E-state index is 0.666. The lowest BCUT2D eigenvalue weighted by molar-refractivity contribution is 0.614. The maximum atomic E-state index is 3.83. The molecular formula is C20H32N2. The predicted molar refractivity (Wildman–Crippen MR) is 96.7 cm³/mol. The molecule has 0 aromatic heterocycles. The number of rotatable bonds is 4. The number of para-hydroxylation sites is 2. The zero-order valence-electron chi connectivity index (χ0n) is 13.9. The van der Waals surface area contributed by atoms with Gasteiger partial charge in [-0.1, -0.05) is 63.5 Å². The van der Waals surface area contributed by atoms with Crippen LogP contribution in [-0.2, 0) is 0 Å². The summed E-state index contributed by atoms with van der Waals surface area (Å²) in [5.41, 5.74) is 2.64. The average molecular weight is 300 g/mol. The van der Waals surface area contributed by atoms with Crippen LogP contribution >= 0.6 is 0 Å². The van der Waals surface area contributed by atoms with Gasteiger partial charge in [-0.2, -0.15) is 0 Å². The lowest BCUT2D eigenvalue weighted by Crippen LogP contribution is -2.22. The van der Waals surface area contributed by atoms with Crippen molar-refractivity contribution in [1.29, 1.82) is 0 Å². The minimum absolute atomic E-state index is 0.666. The fraction of sp³-hybridized carbons (Fsp3) is 0.700. The highest BCUT2D eigenvalue weighted by Crippen LogP contribution is 2.29. The largest absolute Gasteiger partial charge is 0.381 e. The van der Waals surface area contributed by atoms with E-state index in [2.05, 4.69) is 34.9 Å². The Morgan fingerprint density at radius 2 is 0.909 bits per heavy atom. The van der Waals surface area contributed by atoms with Crippen molar-refractivity contribution in [1.82, 2.24) is 0 Å². The summed E-state index contributed by atoms with van der Waals surface area (Å²) >= 11 is 0. The molecule has 2 aliphatic carbocycles. The van der Waals surface area contributed by atoms with E-state index >= 15 is 0 Å². The standard InChI is InChI=1S/C20H32N2/c1-2-6-12-17(11-5-1)21-19-15-9-10-16-20(19)22-18-13-7-3-4-8-14-18/h9-10,15-18,21-22H,1-8,11-14H2. The van der Waals surface area contributed by atoms with Crippen LogP contribution < -0.4 is 10.6 Å². The third kappa shape index (κ3) is 4.66. The molecule has 122 valence electrons. The second kappa shape index (κ2) is 8.45. The monoisotopic (exact) mass is 300 g/mol. The van der Waals surface area contributed by atoms with Crippen molar-refractivity contribution >= 4 is 11.4 Å². The maximum absolute atomic E-state index is 3.83. The molecule has 2 aliphatic rings. The Kier molecular flexibility index (Phi) is 6.03. The lowest BCUT2D eigenvalue weighted by Gasteiger charge is -2.24. The minimum Gasteiger partial charge on any atom is -0.381 e. The number of benzene rings is 1. The van der Waals surface area contributed by atoms with E-state index in [4.69, 9.17) is 0 Å². The number of hydrogen-bond donors (Lipinski definition) is 2. The Balaban J connectivity index is 1.63. The Labute approximate surface area is 136 Å². The second-order valence-electron chi connectivity index (χ2n) is 7.21. The fourth-order valence-corrected chi connectivity index (χ4v) is 4.02. The zero-order valence-corrected chi connectivity index (χ0v) is 13.9. The molecule has 0 amide bonds. The molecular weight excluding hydrogens is 268 g/mol. The highest BCUT2D eigenvalue weighted by atomic mass is 15.0. The van der Waals surface area contributed by atoms with Gasteiger partial charge in [0.1, 0.15) is 0 Å². The summed E-state index contributed by atoms with van der Waals surface area (Å²) in [4.78, 5) is 0. The topological polar surface area (TPSA) is 24.1 Å². The molecule has 0 radical (unpaired) electrons. The summed E-state index contributed by atoms with van der Waals surface area (Å²) in [6, 6.07) is 10.2. The first-order chi connectivity index (χ1) is 10.9. The fourth-order valence-electron chi connectivity index (χ4n) is 4.02. The van der Waals surface area contributed by atoms with E-state index in [1.165, 1.54) is 88.4 Å². The maximum Gasteiger partial charge on any atom is 0.0578 e. The van der Waals surface area contributed by atoms with Crippen molar-refractivity contribution in [3.63, 3.8) is 0 Å². The van der Waals surface area contributed by atoms with Gasteiger partial charge in [0.05, 0.1) is 11.4 Å². The quantitative estimate of drug-likeness (QED) is 0.671. The van der Waals surface area contributed by atoms with Crippen LogP contribution in [0, 0.1) is 0 Å². The molecule has 0 saturated heterocycles. The van der Waals surface area contributed by atoms with E-state index in [0.29, 0.717) is 12.1 Å². The van der Waals surface area contributed by atoms with Crippen molar-refractivity contribution in [2.45, 2.75) is 89.1 Å². The molecule has 2 fully saturated rings. The van der Waals surface area contributed by atoms with Crippen molar-refractivity contribution in [2.24, 2.45) is 0 Å². The van der Waals surface area contributed by atoms with E-state index in [1.807, 2.05) is 0 Å². The van der Waals surface area contributed by atoms with Crippen LogP contribution in [0.3, 0.4) is 0 Å². The van der Waals surface area contributed by atoms with Crippen molar-refractivity contribution in [3.05, 3.63) is 24.3 Å². The molecule has 2 heteroatoms. The summed E-state index contributed by atoms with van der Waals surface area (Å²) in [5, 5.41) is 7.66. The van der Waals surface area contributed by atoms with Crippen LogP contribution in [0.5, 0.6) is 0 Å². The Bertz CT molecular complexity index is 386. The second-order valence-corrected chi connectivity index (χ2v) is 7.21. The van der Waals surface area contributed by atoms with Gasteiger partial charge in [0.2, 0.25) is 0 Å². The average Bonchev–Trinajstić information content (AvgIpc) is 2.94. The summed E-state index contributed by atoms with van der Waals surface area (Å²) in [7, 11) is 0. The Morgan fingerprint density at radius 1 is 0.545 bits per heavy atom. The van der Waals surface area contributed by atoms with E-state index < -0.39 is 0 Å². The van der Waals surface area contributed by atoms with Gasteiger partial charge in [-0.3, -0.25) is 0 Å².